The predicted octanol–water partition coefficient (Wildman–Crippen LogP) is 3.64. The molecule has 0 heterocycles. The van der Waals surface area contributed by atoms with Crippen LogP contribution in [-0.2, 0) is 0 Å². The molecule has 3 heteroatoms. The van der Waals surface area contributed by atoms with Crippen LogP contribution >= 0.6 is 11.6 Å². The Balaban J connectivity index is 2.21. The average Bonchev–Trinajstić information content (AvgIpc) is 3.04. The molecule has 3 atom stereocenters. The molecule has 1 aromatic rings. The highest BCUT2D eigenvalue weighted by atomic mass is 35.5. The minimum absolute atomic E-state index is 0.0924. The molecule has 0 radical (unpaired) electrons. The zero-order valence-electron chi connectivity index (χ0n) is 9.87. The molecule has 0 spiro atoms. The van der Waals surface area contributed by atoms with Crippen molar-refractivity contribution in [2.75, 3.05) is 14.2 Å². The summed E-state index contributed by atoms with van der Waals surface area (Å²) in [6.07, 6.45) is 1.22. The van der Waals surface area contributed by atoms with Gasteiger partial charge in [-0.25, -0.2) is 0 Å². The van der Waals surface area contributed by atoms with Crippen LogP contribution in [0.2, 0.25) is 0 Å². The van der Waals surface area contributed by atoms with Gasteiger partial charge in [-0.15, -0.1) is 11.6 Å². The molecule has 0 saturated heterocycles. The lowest BCUT2D eigenvalue weighted by molar-refractivity contribution is 0.354. The van der Waals surface area contributed by atoms with Gasteiger partial charge >= 0.3 is 0 Å². The van der Waals surface area contributed by atoms with Crippen molar-refractivity contribution in [1.29, 1.82) is 0 Å². The summed E-state index contributed by atoms with van der Waals surface area (Å²) >= 11 is 6.43. The summed E-state index contributed by atoms with van der Waals surface area (Å²) in [4.78, 5) is 0. The second-order valence-corrected chi connectivity index (χ2v) is 4.86. The fraction of sp³-hybridized carbons (Fsp3) is 0.538. The Kier molecular flexibility index (Phi) is 3.29. The van der Waals surface area contributed by atoms with E-state index in [-0.39, 0.29) is 5.38 Å². The van der Waals surface area contributed by atoms with Gasteiger partial charge in [-0.3, -0.25) is 0 Å². The molecule has 1 saturated carbocycles. The van der Waals surface area contributed by atoms with E-state index in [1.54, 1.807) is 14.2 Å². The summed E-state index contributed by atoms with van der Waals surface area (Å²) in [5.74, 6) is 2.85. The van der Waals surface area contributed by atoms with E-state index < -0.39 is 0 Å². The van der Waals surface area contributed by atoms with Gasteiger partial charge in [0.15, 0.2) is 11.5 Å². The van der Waals surface area contributed by atoms with Gasteiger partial charge in [0.2, 0.25) is 0 Å². The molecule has 1 aromatic carbocycles. The lowest BCUT2D eigenvalue weighted by atomic mass is 10.1. The van der Waals surface area contributed by atoms with Crippen molar-refractivity contribution in [2.24, 2.45) is 11.8 Å². The largest absolute Gasteiger partial charge is 0.493 e. The van der Waals surface area contributed by atoms with Crippen LogP contribution < -0.4 is 9.47 Å². The molecule has 1 aliphatic carbocycles. The molecular formula is C13H17ClO2. The highest BCUT2D eigenvalue weighted by molar-refractivity contribution is 6.21. The maximum Gasteiger partial charge on any atom is 0.161 e. The minimum Gasteiger partial charge on any atom is -0.493 e. The molecule has 1 fully saturated rings. The Morgan fingerprint density at radius 2 is 1.88 bits per heavy atom. The van der Waals surface area contributed by atoms with Crippen LogP contribution in [0.25, 0.3) is 0 Å². The van der Waals surface area contributed by atoms with Crippen LogP contribution in [0, 0.1) is 11.8 Å². The van der Waals surface area contributed by atoms with Crippen LogP contribution in [-0.4, -0.2) is 14.2 Å². The number of methoxy groups -OCH3 is 2. The van der Waals surface area contributed by atoms with Crippen LogP contribution in [0.1, 0.15) is 24.3 Å². The Hall–Kier alpha value is -0.890. The van der Waals surface area contributed by atoms with Gasteiger partial charge in [0.1, 0.15) is 0 Å². The summed E-state index contributed by atoms with van der Waals surface area (Å²) in [7, 11) is 3.28. The normalized spacial score (nSPS) is 25.0. The first kappa shape index (κ1) is 11.6. The van der Waals surface area contributed by atoms with E-state index in [2.05, 4.69) is 6.92 Å². The molecule has 0 aromatic heterocycles. The fourth-order valence-corrected chi connectivity index (χ4v) is 2.52. The number of halogens is 1. The Morgan fingerprint density at radius 3 is 2.38 bits per heavy atom. The lowest BCUT2D eigenvalue weighted by Crippen LogP contribution is -1.97. The Morgan fingerprint density at radius 1 is 1.25 bits per heavy atom. The number of hydrogen-bond acceptors (Lipinski definition) is 2. The van der Waals surface area contributed by atoms with Gasteiger partial charge in [-0.05, 0) is 36.0 Å². The third-order valence-electron chi connectivity index (χ3n) is 3.27. The Labute approximate surface area is 102 Å². The maximum atomic E-state index is 6.43. The van der Waals surface area contributed by atoms with E-state index >= 15 is 0 Å². The Bertz CT molecular complexity index is 378. The van der Waals surface area contributed by atoms with E-state index in [0.29, 0.717) is 5.92 Å². The molecule has 0 bridgehead atoms. The molecule has 0 amide bonds. The number of benzene rings is 1. The van der Waals surface area contributed by atoms with Crippen molar-refractivity contribution >= 4 is 11.6 Å². The third kappa shape index (κ3) is 2.12. The van der Waals surface area contributed by atoms with Crippen molar-refractivity contribution in [3.8, 4) is 11.5 Å². The van der Waals surface area contributed by atoms with Gasteiger partial charge < -0.3 is 9.47 Å². The van der Waals surface area contributed by atoms with E-state index in [9.17, 15) is 0 Å². The first-order valence-electron chi connectivity index (χ1n) is 5.53. The lowest BCUT2D eigenvalue weighted by Gasteiger charge is -2.13. The van der Waals surface area contributed by atoms with Crippen molar-refractivity contribution in [3.05, 3.63) is 23.8 Å². The molecule has 0 aliphatic heterocycles. The number of alkyl halides is 1. The van der Waals surface area contributed by atoms with E-state index in [1.807, 2.05) is 18.2 Å². The highest BCUT2D eigenvalue weighted by Gasteiger charge is 2.39. The smallest absolute Gasteiger partial charge is 0.161 e. The molecule has 2 rings (SSSR count). The first-order valence-corrected chi connectivity index (χ1v) is 5.97. The predicted molar refractivity (Wildman–Crippen MR) is 65.4 cm³/mol. The average molecular weight is 241 g/mol. The number of hydrogen-bond donors (Lipinski definition) is 0. The molecule has 2 nitrogen and oxygen atoms in total. The van der Waals surface area contributed by atoms with Crippen LogP contribution in [0.5, 0.6) is 11.5 Å². The molecule has 1 aliphatic rings. The number of ether oxygens (including phenoxy) is 2. The molecule has 0 N–H and O–H groups in total. The number of rotatable bonds is 4. The van der Waals surface area contributed by atoms with Gasteiger partial charge in [0, 0.05) is 0 Å². The molecular weight excluding hydrogens is 224 g/mol. The van der Waals surface area contributed by atoms with Gasteiger partial charge in [-0.1, -0.05) is 13.0 Å². The van der Waals surface area contributed by atoms with Crippen LogP contribution in [0.4, 0.5) is 0 Å². The zero-order chi connectivity index (χ0) is 11.7. The van der Waals surface area contributed by atoms with Gasteiger partial charge in [-0.2, -0.15) is 0 Å². The van der Waals surface area contributed by atoms with Gasteiger partial charge in [0.05, 0.1) is 19.6 Å². The fourth-order valence-electron chi connectivity index (χ4n) is 2.03. The standard InChI is InChI=1S/C13H17ClO2/c1-8-6-10(8)13(14)9-4-5-11(15-2)12(7-9)16-3/h4-5,7-8,10,13H,6H2,1-3H3. The maximum absolute atomic E-state index is 6.43. The second kappa shape index (κ2) is 4.54. The zero-order valence-corrected chi connectivity index (χ0v) is 10.6. The van der Waals surface area contributed by atoms with E-state index in [0.717, 1.165) is 23.0 Å². The summed E-state index contributed by atoms with van der Waals surface area (Å²) in [6.45, 7) is 2.24. The summed E-state index contributed by atoms with van der Waals surface area (Å²) in [5, 5.41) is 0.0924. The summed E-state index contributed by atoms with van der Waals surface area (Å²) in [5.41, 5.74) is 1.12. The molecule has 3 unspecified atom stereocenters. The minimum atomic E-state index is 0.0924. The first-order chi connectivity index (χ1) is 7.67. The molecule has 16 heavy (non-hydrogen) atoms. The van der Waals surface area contributed by atoms with Crippen LogP contribution in [0.3, 0.4) is 0 Å². The van der Waals surface area contributed by atoms with Crippen molar-refractivity contribution in [3.63, 3.8) is 0 Å². The topological polar surface area (TPSA) is 18.5 Å². The SMILES string of the molecule is COc1ccc(C(Cl)C2CC2C)cc1OC. The van der Waals surface area contributed by atoms with Crippen molar-refractivity contribution < 1.29 is 9.47 Å². The monoisotopic (exact) mass is 240 g/mol. The quantitative estimate of drug-likeness (QED) is 0.748. The van der Waals surface area contributed by atoms with Gasteiger partial charge in [0.25, 0.3) is 0 Å². The van der Waals surface area contributed by atoms with Crippen molar-refractivity contribution in [1.82, 2.24) is 0 Å². The second-order valence-electron chi connectivity index (χ2n) is 4.39. The summed E-state index contributed by atoms with van der Waals surface area (Å²) < 4.78 is 10.5. The highest BCUT2D eigenvalue weighted by Crippen LogP contribution is 2.50. The van der Waals surface area contributed by atoms with Crippen LogP contribution in [0.15, 0.2) is 18.2 Å². The summed E-state index contributed by atoms with van der Waals surface area (Å²) in [6, 6.07) is 5.90. The van der Waals surface area contributed by atoms with E-state index in [4.69, 9.17) is 21.1 Å². The van der Waals surface area contributed by atoms with Crippen molar-refractivity contribution in [2.45, 2.75) is 18.7 Å². The third-order valence-corrected chi connectivity index (χ3v) is 3.85. The van der Waals surface area contributed by atoms with E-state index in [1.165, 1.54) is 6.42 Å². The molecule has 88 valence electrons.